The number of alkyl halides is 4. The number of imidazole rings is 4. The lowest BCUT2D eigenvalue weighted by atomic mass is 9.82. The minimum atomic E-state index is -2.54. The van der Waals surface area contributed by atoms with Gasteiger partial charge < -0.3 is 28.9 Å². The molecular formula is C34H24BBrF4N14O2. The van der Waals surface area contributed by atoms with Crippen LogP contribution in [0.4, 0.5) is 29.2 Å². The largest absolute Gasteiger partial charge is 0.490 e. The Morgan fingerprint density at radius 1 is 0.679 bits per heavy atom. The number of hydrogen-bond acceptors (Lipinski definition) is 10. The number of pyridine rings is 2. The summed E-state index contributed by atoms with van der Waals surface area (Å²) < 4.78 is 57.1. The van der Waals surface area contributed by atoms with Crippen molar-refractivity contribution in [1.29, 1.82) is 0 Å². The minimum absolute atomic E-state index is 0.240. The Morgan fingerprint density at radius 2 is 1.21 bits per heavy atom. The summed E-state index contributed by atoms with van der Waals surface area (Å²) >= 11 is 3.23. The van der Waals surface area contributed by atoms with Gasteiger partial charge in [0.25, 0.3) is 24.5 Å². The van der Waals surface area contributed by atoms with E-state index >= 15 is 0 Å². The molecule has 8 aromatic heterocycles. The monoisotopic (exact) mass is 826 g/mol. The fourth-order valence-corrected chi connectivity index (χ4v) is 5.73. The summed E-state index contributed by atoms with van der Waals surface area (Å²) in [6, 6.07) is 13.5. The van der Waals surface area contributed by atoms with E-state index in [1.807, 2.05) is 0 Å². The predicted octanol–water partition coefficient (Wildman–Crippen LogP) is 5.40. The van der Waals surface area contributed by atoms with Gasteiger partial charge in [-0.1, -0.05) is 29.4 Å². The maximum Gasteiger partial charge on any atom is 0.490 e. The van der Waals surface area contributed by atoms with E-state index in [1.165, 1.54) is 49.4 Å². The van der Waals surface area contributed by atoms with Gasteiger partial charge in [0.2, 0.25) is 11.3 Å². The standard InChI is InChI=1S/C17H11F2N7.C12H7BrF2N6.C5H6BNO2/c1-20-15-8-22-14-5-4-12(24-26(14)15)17-16(11-3-2-6-21-7-11)23-10-25(17)9-13(18)19;1-16-10-4-17-9-3-2-7(19-21(9)10)11-12(13)18-6-20(11)5-8(14)15;8-6(9)5-2-1-3-7-4-5/h2-8,10,13H,9H2;2-4,6,8H,5H2;1-4,8-9H. The van der Waals surface area contributed by atoms with Crippen molar-refractivity contribution in [3.05, 3.63) is 126 Å². The Hall–Kier alpha value is -6.88. The molecule has 0 radical (unpaired) electrons. The van der Waals surface area contributed by atoms with E-state index in [0.29, 0.717) is 55.4 Å². The molecule has 280 valence electrons. The summed E-state index contributed by atoms with van der Waals surface area (Å²) in [5.74, 6) is 0.493. The molecule has 8 rings (SSSR count). The number of halogens is 5. The van der Waals surface area contributed by atoms with Crippen LogP contribution in [0.15, 0.2) is 103 Å². The highest BCUT2D eigenvalue weighted by Gasteiger charge is 2.21. The zero-order valence-electron chi connectivity index (χ0n) is 28.4. The van der Waals surface area contributed by atoms with E-state index in [2.05, 4.69) is 65.7 Å². The van der Waals surface area contributed by atoms with Crippen molar-refractivity contribution in [2.75, 3.05) is 0 Å². The van der Waals surface area contributed by atoms with Crippen molar-refractivity contribution in [3.8, 4) is 34.0 Å². The summed E-state index contributed by atoms with van der Waals surface area (Å²) in [6.45, 7) is 13.3. The molecule has 0 amide bonds. The molecule has 56 heavy (non-hydrogen) atoms. The molecule has 0 bridgehead atoms. The van der Waals surface area contributed by atoms with Gasteiger partial charge in [-0.2, -0.15) is 0 Å². The summed E-state index contributed by atoms with van der Waals surface area (Å²) in [7, 11) is -1.40. The first-order chi connectivity index (χ1) is 27.1. The van der Waals surface area contributed by atoms with E-state index in [1.54, 1.807) is 67.1 Å². The predicted molar refractivity (Wildman–Crippen MR) is 198 cm³/mol. The summed E-state index contributed by atoms with van der Waals surface area (Å²) in [6.07, 6.45) is 6.68. The summed E-state index contributed by atoms with van der Waals surface area (Å²) in [4.78, 5) is 30.8. The van der Waals surface area contributed by atoms with Gasteiger partial charge in [0.05, 0.1) is 49.5 Å². The molecule has 8 aromatic rings. The second kappa shape index (κ2) is 17.5. The smallest absolute Gasteiger partial charge is 0.423 e. The number of aromatic nitrogens is 12. The second-order valence-electron chi connectivity index (χ2n) is 11.2. The lowest BCUT2D eigenvalue weighted by Crippen LogP contribution is -2.29. The molecular weight excluding hydrogens is 803 g/mol. The normalized spacial score (nSPS) is 10.8. The van der Waals surface area contributed by atoms with Crippen molar-refractivity contribution >= 4 is 51.4 Å². The highest BCUT2D eigenvalue weighted by Crippen LogP contribution is 2.31. The topological polar surface area (TPSA) is 171 Å². The van der Waals surface area contributed by atoms with E-state index in [9.17, 15) is 17.6 Å². The maximum absolute atomic E-state index is 13.0. The molecule has 0 aromatic carbocycles. The number of hydrogen-bond donors (Lipinski definition) is 2. The molecule has 16 nitrogen and oxygen atoms in total. The summed E-state index contributed by atoms with van der Waals surface area (Å²) in [5.41, 5.74) is 4.32. The third-order valence-corrected chi connectivity index (χ3v) is 8.20. The molecule has 0 unspecified atom stereocenters. The van der Waals surface area contributed by atoms with Crippen LogP contribution in [-0.4, -0.2) is 88.3 Å². The molecule has 0 aliphatic heterocycles. The molecule has 0 saturated carbocycles. The molecule has 0 atom stereocenters. The zero-order valence-corrected chi connectivity index (χ0v) is 30.0. The summed E-state index contributed by atoms with van der Waals surface area (Å²) in [5, 5.41) is 25.8. The number of fused-ring (bicyclic) bond motifs is 2. The highest BCUT2D eigenvalue weighted by atomic mass is 79.9. The van der Waals surface area contributed by atoms with Crippen LogP contribution >= 0.6 is 15.9 Å². The number of rotatable bonds is 8. The van der Waals surface area contributed by atoms with Gasteiger partial charge in [-0.25, -0.2) is 37.5 Å². The lowest BCUT2D eigenvalue weighted by Gasteiger charge is -2.09. The minimum Gasteiger partial charge on any atom is -0.423 e. The van der Waals surface area contributed by atoms with E-state index in [0.717, 1.165) is 0 Å². The third kappa shape index (κ3) is 8.74. The molecule has 0 fully saturated rings. The van der Waals surface area contributed by atoms with Crippen LogP contribution in [0.2, 0.25) is 0 Å². The fraction of sp³-hybridized carbons (Fsp3) is 0.118. The van der Waals surface area contributed by atoms with E-state index < -0.39 is 33.1 Å². The first kappa shape index (κ1) is 38.8. The quantitative estimate of drug-likeness (QED) is 0.115. The van der Waals surface area contributed by atoms with Gasteiger partial charge in [0, 0.05) is 47.9 Å². The van der Waals surface area contributed by atoms with Crippen LogP contribution < -0.4 is 5.46 Å². The van der Waals surface area contributed by atoms with Crippen LogP contribution in [0.1, 0.15) is 0 Å². The Kier molecular flexibility index (Phi) is 12.1. The average Bonchev–Trinajstić information content (AvgIpc) is 4.00. The van der Waals surface area contributed by atoms with Gasteiger partial charge >= 0.3 is 7.12 Å². The Balaban J connectivity index is 0.000000158. The molecule has 0 saturated heterocycles. The van der Waals surface area contributed by atoms with Gasteiger partial charge in [0.1, 0.15) is 21.7 Å². The first-order valence-corrected chi connectivity index (χ1v) is 16.8. The molecule has 2 N–H and O–H groups in total. The Bertz CT molecular complexity index is 2660. The Morgan fingerprint density at radius 3 is 1.70 bits per heavy atom. The molecule has 0 aliphatic rings. The van der Waals surface area contributed by atoms with Crippen molar-refractivity contribution in [3.63, 3.8) is 0 Å². The maximum atomic E-state index is 13.0. The van der Waals surface area contributed by atoms with Crippen molar-refractivity contribution in [2.45, 2.75) is 25.9 Å². The Labute approximate surface area is 322 Å². The van der Waals surface area contributed by atoms with E-state index in [-0.39, 0.29) is 11.6 Å². The SMILES string of the molecule is OB(O)c1cccnc1.[C-]#[N+]c1cnc2ccc(-c3c(-c4cccnc4)ncn3CC(F)F)nn12.[C-]#[N+]c1cnc2ccc(-c3c(Br)ncn3CC(F)F)nn12. The lowest BCUT2D eigenvalue weighted by molar-refractivity contribution is 0.126. The second-order valence-corrected chi connectivity index (χ2v) is 12.0. The first-order valence-electron chi connectivity index (χ1n) is 16.0. The third-order valence-electron chi connectivity index (χ3n) is 7.62. The average molecular weight is 827 g/mol. The van der Waals surface area contributed by atoms with Crippen molar-refractivity contribution in [1.82, 2.24) is 58.3 Å². The zero-order chi connectivity index (χ0) is 39.8. The molecule has 0 spiro atoms. The molecule has 22 heteroatoms. The van der Waals surface area contributed by atoms with Crippen LogP contribution in [0.5, 0.6) is 0 Å². The van der Waals surface area contributed by atoms with Crippen LogP contribution in [0.3, 0.4) is 0 Å². The number of nitrogens with zero attached hydrogens (tertiary/aromatic N) is 14. The van der Waals surface area contributed by atoms with Crippen molar-refractivity contribution in [2.24, 2.45) is 0 Å². The van der Waals surface area contributed by atoms with Gasteiger partial charge in [0.15, 0.2) is 0 Å². The van der Waals surface area contributed by atoms with Crippen LogP contribution in [0.25, 0.3) is 55.0 Å². The van der Waals surface area contributed by atoms with E-state index in [4.69, 9.17) is 23.2 Å². The molecule has 8 heterocycles. The van der Waals surface area contributed by atoms with Crippen LogP contribution in [0, 0.1) is 13.1 Å². The highest BCUT2D eigenvalue weighted by molar-refractivity contribution is 9.10. The fourth-order valence-electron chi connectivity index (χ4n) is 5.21. The van der Waals surface area contributed by atoms with Gasteiger partial charge in [-0.3, -0.25) is 9.97 Å². The van der Waals surface area contributed by atoms with Gasteiger partial charge in [-0.15, -0.1) is 9.03 Å². The van der Waals surface area contributed by atoms with Crippen molar-refractivity contribution < 1.29 is 27.6 Å². The molecule has 0 aliphatic carbocycles. The van der Waals surface area contributed by atoms with Crippen LogP contribution in [-0.2, 0) is 13.1 Å². The van der Waals surface area contributed by atoms with Gasteiger partial charge in [-0.05, 0) is 46.3 Å².